The summed E-state index contributed by atoms with van der Waals surface area (Å²) in [7, 11) is 0. The normalized spacial score (nSPS) is 10.8. The molecule has 0 radical (unpaired) electrons. The second kappa shape index (κ2) is 4.26. The molecule has 0 amide bonds. The van der Waals surface area contributed by atoms with E-state index >= 15 is 0 Å². The van der Waals surface area contributed by atoms with E-state index in [0.717, 1.165) is 6.07 Å². The smallest absolute Gasteiger partial charge is 0.240 e. The van der Waals surface area contributed by atoms with Crippen LogP contribution in [0.15, 0.2) is 21.1 Å². The van der Waals surface area contributed by atoms with Crippen molar-refractivity contribution in [2.75, 3.05) is 0 Å². The first-order valence-corrected chi connectivity index (χ1v) is 5.09. The van der Waals surface area contributed by atoms with Crippen LogP contribution in [0.2, 0.25) is 0 Å². The summed E-state index contributed by atoms with van der Waals surface area (Å²) in [6.07, 6.45) is 0. The van der Waals surface area contributed by atoms with Crippen LogP contribution in [0.3, 0.4) is 0 Å². The van der Waals surface area contributed by atoms with Crippen LogP contribution >= 0.6 is 15.9 Å². The maximum atomic E-state index is 13.6. The molecule has 84 valence electrons. The number of aromatic nitrogens is 2. The third kappa shape index (κ3) is 1.83. The molecule has 0 spiro atoms. The first kappa shape index (κ1) is 11.2. The van der Waals surface area contributed by atoms with Gasteiger partial charge in [0.15, 0.2) is 5.82 Å². The lowest BCUT2D eigenvalue weighted by Crippen LogP contribution is -1.96. The molecule has 2 N–H and O–H groups in total. The van der Waals surface area contributed by atoms with Gasteiger partial charge < -0.3 is 10.3 Å². The molecule has 0 atom stereocenters. The zero-order valence-corrected chi connectivity index (χ0v) is 9.46. The summed E-state index contributed by atoms with van der Waals surface area (Å²) in [5.41, 5.74) is 5.33. The molecule has 0 unspecified atom stereocenters. The molecular weight excluding hydrogens is 284 g/mol. The van der Waals surface area contributed by atoms with Crippen molar-refractivity contribution < 1.29 is 13.3 Å². The van der Waals surface area contributed by atoms with Crippen LogP contribution in [0.25, 0.3) is 11.4 Å². The average molecular weight is 290 g/mol. The Balaban J connectivity index is 2.52. The van der Waals surface area contributed by atoms with E-state index in [2.05, 4.69) is 26.1 Å². The molecule has 0 fully saturated rings. The van der Waals surface area contributed by atoms with Crippen molar-refractivity contribution in [3.63, 3.8) is 0 Å². The van der Waals surface area contributed by atoms with Gasteiger partial charge in [-0.1, -0.05) is 5.16 Å². The predicted molar refractivity (Wildman–Crippen MR) is 55.2 cm³/mol. The summed E-state index contributed by atoms with van der Waals surface area (Å²) >= 11 is 2.79. The molecule has 1 heterocycles. The molecule has 0 aliphatic carbocycles. The van der Waals surface area contributed by atoms with Crippen molar-refractivity contribution in [3.8, 4) is 11.4 Å². The molecule has 7 heteroatoms. The van der Waals surface area contributed by atoms with Crippen molar-refractivity contribution in [1.29, 1.82) is 0 Å². The fourth-order valence-corrected chi connectivity index (χ4v) is 1.49. The number of nitrogens with two attached hydrogens (primary N) is 1. The zero-order chi connectivity index (χ0) is 11.7. The van der Waals surface area contributed by atoms with Gasteiger partial charge >= 0.3 is 0 Å². The van der Waals surface area contributed by atoms with Crippen molar-refractivity contribution in [3.05, 3.63) is 34.1 Å². The fourth-order valence-electron chi connectivity index (χ4n) is 1.15. The minimum Gasteiger partial charge on any atom is -0.338 e. The largest absolute Gasteiger partial charge is 0.338 e. The predicted octanol–water partition coefficient (Wildman–Crippen LogP) is 2.24. The molecule has 16 heavy (non-hydrogen) atoms. The molecule has 0 aliphatic rings. The Morgan fingerprint density at radius 2 is 2.12 bits per heavy atom. The minimum absolute atomic E-state index is 0.0404. The molecule has 0 bridgehead atoms. The molecule has 0 saturated carbocycles. The van der Waals surface area contributed by atoms with Crippen LogP contribution in [-0.4, -0.2) is 10.1 Å². The second-order valence-electron chi connectivity index (χ2n) is 2.94. The van der Waals surface area contributed by atoms with E-state index in [-0.39, 0.29) is 28.3 Å². The molecular formula is C9H6BrF2N3O. The lowest BCUT2D eigenvalue weighted by atomic mass is 10.2. The number of hydrogen-bond donors (Lipinski definition) is 1. The van der Waals surface area contributed by atoms with Gasteiger partial charge in [-0.25, -0.2) is 8.78 Å². The molecule has 0 aliphatic heterocycles. The first-order valence-electron chi connectivity index (χ1n) is 4.30. The fraction of sp³-hybridized carbons (Fsp3) is 0.111. The highest BCUT2D eigenvalue weighted by Gasteiger charge is 2.16. The molecule has 2 rings (SSSR count). The summed E-state index contributed by atoms with van der Waals surface area (Å²) in [5, 5.41) is 3.54. The lowest BCUT2D eigenvalue weighted by Gasteiger charge is -2.00. The number of nitrogens with zero attached hydrogens (tertiary/aromatic N) is 2. The minimum atomic E-state index is -0.774. The van der Waals surface area contributed by atoms with Gasteiger partial charge in [-0.15, -0.1) is 0 Å². The monoisotopic (exact) mass is 289 g/mol. The van der Waals surface area contributed by atoms with Crippen LogP contribution in [0, 0.1) is 11.6 Å². The Kier molecular flexibility index (Phi) is 2.97. The summed E-state index contributed by atoms with van der Waals surface area (Å²) < 4.78 is 31.1. The Morgan fingerprint density at radius 1 is 1.38 bits per heavy atom. The van der Waals surface area contributed by atoms with Crippen LogP contribution in [0.1, 0.15) is 5.89 Å². The second-order valence-corrected chi connectivity index (χ2v) is 3.73. The molecule has 0 saturated heterocycles. The van der Waals surface area contributed by atoms with Crippen LogP contribution in [0.5, 0.6) is 0 Å². The highest BCUT2D eigenvalue weighted by molar-refractivity contribution is 9.10. The van der Waals surface area contributed by atoms with E-state index in [9.17, 15) is 8.78 Å². The summed E-state index contributed by atoms with van der Waals surface area (Å²) in [5.74, 6) is -1.23. The van der Waals surface area contributed by atoms with E-state index in [4.69, 9.17) is 10.3 Å². The standard InChI is InChI=1S/C9H6BrF2N3O/c10-7-5(11)2-1-4(8(7)12)9-14-6(3-13)16-15-9/h1-2H,3,13H2. The van der Waals surface area contributed by atoms with Gasteiger partial charge in [0.1, 0.15) is 5.82 Å². The number of rotatable bonds is 2. The van der Waals surface area contributed by atoms with Gasteiger partial charge in [0, 0.05) is 0 Å². The topological polar surface area (TPSA) is 64.9 Å². The first-order chi connectivity index (χ1) is 7.63. The van der Waals surface area contributed by atoms with Gasteiger partial charge in [-0.05, 0) is 28.1 Å². The Labute approximate surface area is 97.6 Å². The maximum Gasteiger partial charge on any atom is 0.240 e. The van der Waals surface area contributed by atoms with Crippen molar-refractivity contribution in [2.45, 2.75) is 6.54 Å². The Hall–Kier alpha value is -1.34. The highest BCUT2D eigenvalue weighted by Crippen LogP contribution is 2.28. The van der Waals surface area contributed by atoms with Gasteiger partial charge in [0.05, 0.1) is 16.6 Å². The van der Waals surface area contributed by atoms with E-state index in [0.29, 0.717) is 0 Å². The Bertz CT molecular complexity index is 529. The quantitative estimate of drug-likeness (QED) is 0.861. The van der Waals surface area contributed by atoms with E-state index in [1.165, 1.54) is 6.07 Å². The van der Waals surface area contributed by atoms with Gasteiger partial charge in [-0.2, -0.15) is 4.98 Å². The molecule has 2 aromatic rings. The molecule has 1 aromatic heterocycles. The lowest BCUT2D eigenvalue weighted by molar-refractivity contribution is 0.380. The summed E-state index contributed by atoms with van der Waals surface area (Å²) in [4.78, 5) is 3.84. The SMILES string of the molecule is NCc1nc(-c2ccc(F)c(Br)c2F)no1. The number of benzene rings is 1. The number of halogens is 3. The zero-order valence-electron chi connectivity index (χ0n) is 7.88. The maximum absolute atomic E-state index is 13.6. The van der Waals surface area contributed by atoms with Crippen molar-refractivity contribution >= 4 is 15.9 Å². The molecule has 4 nitrogen and oxygen atoms in total. The van der Waals surface area contributed by atoms with Crippen LogP contribution < -0.4 is 5.73 Å². The molecule has 1 aromatic carbocycles. The number of hydrogen-bond acceptors (Lipinski definition) is 4. The van der Waals surface area contributed by atoms with Gasteiger partial charge in [-0.3, -0.25) is 0 Å². The summed E-state index contributed by atoms with van der Waals surface area (Å²) in [6.45, 7) is 0.0665. The van der Waals surface area contributed by atoms with Crippen LogP contribution in [0.4, 0.5) is 8.78 Å². The van der Waals surface area contributed by atoms with E-state index in [1.54, 1.807) is 0 Å². The Morgan fingerprint density at radius 3 is 2.75 bits per heavy atom. The van der Waals surface area contributed by atoms with Gasteiger partial charge in [0.2, 0.25) is 11.7 Å². The van der Waals surface area contributed by atoms with Gasteiger partial charge in [0.25, 0.3) is 0 Å². The van der Waals surface area contributed by atoms with Crippen molar-refractivity contribution in [2.24, 2.45) is 5.73 Å². The summed E-state index contributed by atoms with van der Waals surface area (Å²) in [6, 6.07) is 2.35. The highest BCUT2D eigenvalue weighted by atomic mass is 79.9. The third-order valence-electron chi connectivity index (χ3n) is 1.92. The van der Waals surface area contributed by atoms with E-state index in [1.807, 2.05) is 0 Å². The third-order valence-corrected chi connectivity index (χ3v) is 2.65. The van der Waals surface area contributed by atoms with Crippen molar-refractivity contribution in [1.82, 2.24) is 10.1 Å². The average Bonchev–Trinajstić information content (AvgIpc) is 2.74. The van der Waals surface area contributed by atoms with Crippen LogP contribution in [-0.2, 0) is 6.54 Å². The van der Waals surface area contributed by atoms with E-state index < -0.39 is 11.6 Å².